The molecule has 0 saturated carbocycles. The molecule has 1 unspecified atom stereocenters. The van der Waals surface area contributed by atoms with Crippen LogP contribution in [0.15, 0.2) is 10.9 Å². The first kappa shape index (κ1) is 18.2. The van der Waals surface area contributed by atoms with Crippen LogP contribution in [0.5, 0.6) is 0 Å². The highest BCUT2D eigenvalue weighted by Gasteiger charge is 2.22. The summed E-state index contributed by atoms with van der Waals surface area (Å²) in [6, 6.07) is 1.86. The number of aromatic nitrogens is 4. The van der Waals surface area contributed by atoms with E-state index in [0.717, 1.165) is 40.6 Å². The minimum Gasteiger partial charge on any atom is -0.371 e. The number of amides is 1. The smallest absolute Gasteiger partial charge is 0.262 e. The highest BCUT2D eigenvalue weighted by Crippen LogP contribution is 2.31. The first-order valence-corrected chi connectivity index (χ1v) is 10.4. The first-order valence-electron chi connectivity index (χ1n) is 8.80. The summed E-state index contributed by atoms with van der Waals surface area (Å²) in [6.07, 6.45) is 2.75. The lowest BCUT2D eigenvalue weighted by Gasteiger charge is -2.08. The Hall–Kier alpha value is -2.17. The zero-order valence-corrected chi connectivity index (χ0v) is 16.7. The molecule has 0 aliphatic carbocycles. The van der Waals surface area contributed by atoms with Crippen molar-refractivity contribution in [1.82, 2.24) is 19.7 Å². The van der Waals surface area contributed by atoms with E-state index in [9.17, 15) is 9.59 Å². The quantitative estimate of drug-likeness (QED) is 0.701. The maximum absolute atomic E-state index is 12.8. The molecular formula is C17H19N5O3S2. The van der Waals surface area contributed by atoms with Gasteiger partial charge in [0.25, 0.3) is 5.56 Å². The summed E-state index contributed by atoms with van der Waals surface area (Å²) in [6.45, 7) is 4.39. The number of nitrogens with one attached hydrogen (secondary N) is 1. The van der Waals surface area contributed by atoms with Crippen molar-refractivity contribution in [3.05, 3.63) is 32.1 Å². The van der Waals surface area contributed by atoms with Gasteiger partial charge in [0, 0.05) is 11.5 Å². The number of nitrogens with zero attached hydrogens (tertiary/aromatic N) is 4. The molecule has 1 N–H and O–H groups in total. The van der Waals surface area contributed by atoms with Crippen molar-refractivity contribution < 1.29 is 9.53 Å². The van der Waals surface area contributed by atoms with Crippen molar-refractivity contribution in [2.75, 3.05) is 11.9 Å². The van der Waals surface area contributed by atoms with Crippen LogP contribution in [0.1, 0.15) is 41.6 Å². The molecule has 142 valence electrons. The second-order valence-electron chi connectivity index (χ2n) is 6.33. The van der Waals surface area contributed by atoms with Crippen LogP contribution in [0.4, 0.5) is 5.13 Å². The molecule has 10 heteroatoms. The maximum Gasteiger partial charge on any atom is 0.262 e. The molecule has 1 aliphatic heterocycles. The van der Waals surface area contributed by atoms with E-state index in [0.29, 0.717) is 16.3 Å². The van der Waals surface area contributed by atoms with Gasteiger partial charge in [-0.1, -0.05) is 18.3 Å². The van der Waals surface area contributed by atoms with Gasteiger partial charge in [-0.25, -0.2) is 4.98 Å². The van der Waals surface area contributed by atoms with Crippen molar-refractivity contribution in [2.45, 2.75) is 45.8 Å². The fraction of sp³-hybridized carbons (Fsp3) is 0.471. The zero-order valence-electron chi connectivity index (χ0n) is 15.0. The molecule has 1 aliphatic rings. The van der Waals surface area contributed by atoms with Crippen molar-refractivity contribution in [3.8, 4) is 0 Å². The van der Waals surface area contributed by atoms with E-state index >= 15 is 0 Å². The molecule has 3 aromatic heterocycles. The van der Waals surface area contributed by atoms with Crippen molar-refractivity contribution in [2.24, 2.45) is 0 Å². The Labute approximate surface area is 163 Å². The fourth-order valence-corrected chi connectivity index (χ4v) is 4.86. The number of carbonyl (C=O) groups excluding carboxylic acids is 1. The predicted molar refractivity (Wildman–Crippen MR) is 104 cm³/mol. The number of aryl methyl sites for hydroxylation is 2. The van der Waals surface area contributed by atoms with Gasteiger partial charge in [0.1, 0.15) is 28.3 Å². The third kappa shape index (κ3) is 3.64. The molecule has 1 fully saturated rings. The highest BCUT2D eigenvalue weighted by molar-refractivity contribution is 7.18. The van der Waals surface area contributed by atoms with Crippen LogP contribution in [0, 0.1) is 6.92 Å². The van der Waals surface area contributed by atoms with Crippen LogP contribution in [0.25, 0.3) is 10.2 Å². The summed E-state index contributed by atoms with van der Waals surface area (Å²) in [5.74, 6) is 0.187. The average molecular weight is 406 g/mol. The van der Waals surface area contributed by atoms with Gasteiger partial charge >= 0.3 is 0 Å². The minimum atomic E-state index is -0.331. The molecule has 1 atom stereocenters. The summed E-state index contributed by atoms with van der Waals surface area (Å²) in [5, 5.41) is 12.6. The molecule has 8 nitrogen and oxygen atoms in total. The van der Waals surface area contributed by atoms with E-state index in [1.54, 1.807) is 6.92 Å². The minimum absolute atomic E-state index is 0.0315. The molecular weight excluding hydrogens is 386 g/mol. The Balaban J connectivity index is 1.51. The number of anilines is 1. The molecule has 3 aromatic rings. The molecule has 0 aromatic carbocycles. The van der Waals surface area contributed by atoms with Gasteiger partial charge in [-0.05, 0) is 32.3 Å². The highest BCUT2D eigenvalue weighted by atomic mass is 32.1. The SMILES string of the molecule is CCc1cc2c(=O)n(CC(=O)Nc3nnc(C4CCCO4)s3)c(C)nc2s1. The van der Waals surface area contributed by atoms with Crippen molar-refractivity contribution in [3.63, 3.8) is 0 Å². The third-order valence-electron chi connectivity index (χ3n) is 4.44. The molecule has 1 amide bonds. The van der Waals surface area contributed by atoms with Crippen LogP contribution in [0.2, 0.25) is 0 Å². The van der Waals surface area contributed by atoms with Gasteiger partial charge in [0.2, 0.25) is 11.0 Å². The number of fused-ring (bicyclic) bond motifs is 1. The van der Waals surface area contributed by atoms with E-state index in [1.807, 2.05) is 13.0 Å². The number of carbonyl (C=O) groups is 1. The van der Waals surface area contributed by atoms with Gasteiger partial charge < -0.3 is 4.74 Å². The van der Waals surface area contributed by atoms with Gasteiger partial charge in [0.05, 0.1) is 5.39 Å². The Morgan fingerprint density at radius 2 is 2.26 bits per heavy atom. The lowest BCUT2D eigenvalue weighted by Crippen LogP contribution is -2.29. The molecule has 1 saturated heterocycles. The van der Waals surface area contributed by atoms with Crippen LogP contribution >= 0.6 is 22.7 Å². The van der Waals surface area contributed by atoms with E-state index in [2.05, 4.69) is 20.5 Å². The number of rotatable bonds is 5. The molecule has 0 radical (unpaired) electrons. The van der Waals surface area contributed by atoms with Gasteiger partial charge in [0.15, 0.2) is 0 Å². The monoisotopic (exact) mass is 405 g/mol. The largest absolute Gasteiger partial charge is 0.371 e. The van der Waals surface area contributed by atoms with Gasteiger partial charge in [-0.2, -0.15) is 0 Å². The van der Waals surface area contributed by atoms with Crippen LogP contribution in [-0.4, -0.2) is 32.3 Å². The van der Waals surface area contributed by atoms with E-state index in [1.165, 1.54) is 27.2 Å². The second-order valence-corrected chi connectivity index (χ2v) is 8.45. The van der Waals surface area contributed by atoms with Crippen LogP contribution in [-0.2, 0) is 22.5 Å². The summed E-state index contributed by atoms with van der Waals surface area (Å²) < 4.78 is 6.97. The fourth-order valence-electron chi connectivity index (χ4n) is 3.02. The molecule has 27 heavy (non-hydrogen) atoms. The van der Waals surface area contributed by atoms with Gasteiger partial charge in [-0.15, -0.1) is 21.5 Å². The Bertz CT molecular complexity index is 1050. The number of thiophene rings is 1. The molecule has 0 bridgehead atoms. The summed E-state index contributed by atoms with van der Waals surface area (Å²) in [4.78, 5) is 31.5. The van der Waals surface area contributed by atoms with Crippen molar-refractivity contribution in [1.29, 1.82) is 0 Å². The average Bonchev–Trinajstić information content (AvgIpc) is 3.38. The van der Waals surface area contributed by atoms with E-state index in [4.69, 9.17) is 4.74 Å². The summed E-state index contributed by atoms with van der Waals surface area (Å²) in [7, 11) is 0. The van der Waals surface area contributed by atoms with E-state index < -0.39 is 0 Å². The molecule has 0 spiro atoms. The molecule has 4 rings (SSSR count). The summed E-state index contributed by atoms with van der Waals surface area (Å²) in [5.41, 5.74) is -0.194. The number of ether oxygens (including phenoxy) is 1. The zero-order chi connectivity index (χ0) is 19.0. The van der Waals surface area contributed by atoms with Gasteiger partial charge in [-0.3, -0.25) is 19.5 Å². The van der Waals surface area contributed by atoms with Crippen LogP contribution in [0.3, 0.4) is 0 Å². The number of hydrogen-bond donors (Lipinski definition) is 1. The second kappa shape index (κ2) is 7.45. The normalized spacial score (nSPS) is 16.9. The summed E-state index contributed by atoms with van der Waals surface area (Å²) >= 11 is 2.82. The van der Waals surface area contributed by atoms with E-state index in [-0.39, 0.29) is 24.1 Å². The molecule has 4 heterocycles. The Morgan fingerprint density at radius 3 is 3.00 bits per heavy atom. The lowest BCUT2D eigenvalue weighted by atomic mass is 10.2. The Kier molecular flexibility index (Phi) is 5.02. The first-order chi connectivity index (χ1) is 13.0. The third-order valence-corrected chi connectivity index (χ3v) is 6.54. The topological polar surface area (TPSA) is 99.0 Å². The number of hydrogen-bond acceptors (Lipinski definition) is 8. The maximum atomic E-state index is 12.8. The lowest BCUT2D eigenvalue weighted by molar-refractivity contribution is -0.116. The standard InChI is InChI=1S/C17H19N5O3S2/c1-3-10-7-11-14(26-10)18-9(2)22(16(11)24)8-13(23)19-17-21-20-15(27-17)12-5-4-6-25-12/h7,12H,3-6,8H2,1-2H3,(H,19,21,23). The van der Waals surface area contributed by atoms with Crippen molar-refractivity contribution >= 4 is 43.9 Å². The van der Waals surface area contributed by atoms with Crippen LogP contribution < -0.4 is 10.9 Å². The Morgan fingerprint density at radius 1 is 1.41 bits per heavy atom. The predicted octanol–water partition coefficient (Wildman–Crippen LogP) is 2.67.